The summed E-state index contributed by atoms with van der Waals surface area (Å²) >= 11 is 0. The summed E-state index contributed by atoms with van der Waals surface area (Å²) in [6, 6.07) is 3.24. The van der Waals surface area contributed by atoms with Gasteiger partial charge in [0.1, 0.15) is 11.4 Å². The molecule has 0 N–H and O–H groups in total. The Balaban J connectivity index is 1.87. The van der Waals surface area contributed by atoms with E-state index in [1.165, 1.54) is 18.1 Å². The lowest BCUT2D eigenvalue weighted by atomic mass is 9.48. The number of fused-ring (bicyclic) bond motifs is 1. The maximum Gasteiger partial charge on any atom is 0.433 e. The van der Waals surface area contributed by atoms with Crippen LogP contribution in [0, 0.1) is 16.7 Å². The molecular formula is C17H19F3N2O3. The number of likely N-dealkylation sites (tertiary alicyclic amines) is 1. The van der Waals surface area contributed by atoms with Crippen molar-refractivity contribution in [3.05, 3.63) is 29.6 Å². The molecule has 5 nitrogen and oxygen atoms in total. The summed E-state index contributed by atoms with van der Waals surface area (Å²) in [4.78, 5) is 29.8. The van der Waals surface area contributed by atoms with Crippen LogP contribution >= 0.6 is 0 Å². The van der Waals surface area contributed by atoms with Crippen LogP contribution in [0.4, 0.5) is 13.2 Å². The predicted octanol–water partition coefficient (Wildman–Crippen LogP) is 2.76. The number of alkyl halides is 3. The molecule has 0 radical (unpaired) electrons. The van der Waals surface area contributed by atoms with E-state index in [0.717, 1.165) is 12.1 Å². The van der Waals surface area contributed by atoms with E-state index in [9.17, 15) is 22.8 Å². The Labute approximate surface area is 143 Å². The zero-order valence-corrected chi connectivity index (χ0v) is 14.2. The minimum absolute atomic E-state index is 0.0813. The van der Waals surface area contributed by atoms with E-state index in [4.69, 9.17) is 4.74 Å². The number of pyridine rings is 1. The average Bonchev–Trinajstić information content (AvgIpc) is 2.88. The molecule has 1 aromatic heterocycles. The number of methoxy groups -OCH3 is 1. The summed E-state index contributed by atoms with van der Waals surface area (Å²) < 4.78 is 43.3. The first-order chi connectivity index (χ1) is 11.5. The number of amides is 1. The van der Waals surface area contributed by atoms with Gasteiger partial charge in [-0.05, 0) is 29.9 Å². The normalized spacial score (nSPS) is 27.4. The second-order valence-electron chi connectivity index (χ2n) is 7.46. The van der Waals surface area contributed by atoms with Gasteiger partial charge in [0.25, 0.3) is 5.91 Å². The zero-order chi connectivity index (χ0) is 18.6. The molecule has 25 heavy (non-hydrogen) atoms. The molecule has 2 heterocycles. The molecule has 136 valence electrons. The van der Waals surface area contributed by atoms with Gasteiger partial charge in [-0.15, -0.1) is 0 Å². The maximum absolute atomic E-state index is 12.8. The van der Waals surface area contributed by atoms with Gasteiger partial charge < -0.3 is 9.64 Å². The van der Waals surface area contributed by atoms with Gasteiger partial charge in [-0.1, -0.05) is 19.9 Å². The molecule has 8 heteroatoms. The van der Waals surface area contributed by atoms with Crippen molar-refractivity contribution >= 4 is 11.9 Å². The van der Waals surface area contributed by atoms with Crippen LogP contribution in [0.5, 0.6) is 0 Å². The summed E-state index contributed by atoms with van der Waals surface area (Å²) in [5, 5.41) is 0. The third-order valence-corrected chi connectivity index (χ3v) is 5.40. The molecule has 2 atom stereocenters. The highest BCUT2D eigenvalue weighted by Crippen LogP contribution is 2.63. The van der Waals surface area contributed by atoms with Crippen LogP contribution in [0.25, 0.3) is 0 Å². The van der Waals surface area contributed by atoms with Crippen LogP contribution in [0.15, 0.2) is 18.2 Å². The van der Waals surface area contributed by atoms with Crippen LogP contribution in [-0.2, 0) is 15.7 Å². The second kappa shape index (κ2) is 5.44. The van der Waals surface area contributed by atoms with Crippen molar-refractivity contribution in [1.29, 1.82) is 0 Å². The van der Waals surface area contributed by atoms with Crippen LogP contribution < -0.4 is 0 Å². The highest BCUT2D eigenvalue weighted by Gasteiger charge is 2.68. The first kappa shape index (κ1) is 17.7. The first-order valence-corrected chi connectivity index (χ1v) is 7.93. The van der Waals surface area contributed by atoms with Gasteiger partial charge in [0.2, 0.25) is 0 Å². The van der Waals surface area contributed by atoms with E-state index in [1.54, 1.807) is 0 Å². The lowest BCUT2D eigenvalue weighted by Crippen LogP contribution is -2.57. The molecule has 2 aliphatic rings. The van der Waals surface area contributed by atoms with E-state index in [1.807, 2.05) is 13.8 Å². The van der Waals surface area contributed by atoms with E-state index < -0.39 is 23.2 Å². The molecule has 1 saturated carbocycles. The van der Waals surface area contributed by atoms with E-state index in [0.29, 0.717) is 13.0 Å². The number of halogens is 3. The minimum atomic E-state index is -4.62. The number of ether oxygens (including phenoxy) is 1. The number of carbonyl (C=O) groups is 2. The van der Waals surface area contributed by atoms with Gasteiger partial charge >= 0.3 is 12.1 Å². The summed E-state index contributed by atoms with van der Waals surface area (Å²) in [5.74, 6) is -1.05. The Morgan fingerprint density at radius 3 is 2.56 bits per heavy atom. The van der Waals surface area contributed by atoms with Crippen molar-refractivity contribution in [1.82, 2.24) is 9.88 Å². The Bertz CT molecular complexity index is 732. The Hall–Kier alpha value is -2.12. The molecule has 0 spiro atoms. The summed E-state index contributed by atoms with van der Waals surface area (Å²) in [7, 11) is 1.30. The third-order valence-electron chi connectivity index (χ3n) is 5.40. The Kier molecular flexibility index (Phi) is 3.85. The van der Waals surface area contributed by atoms with Gasteiger partial charge in [0, 0.05) is 13.1 Å². The fourth-order valence-corrected chi connectivity index (χ4v) is 4.40. The highest BCUT2D eigenvalue weighted by atomic mass is 19.4. The zero-order valence-electron chi connectivity index (χ0n) is 14.2. The van der Waals surface area contributed by atoms with Gasteiger partial charge in [-0.2, -0.15) is 13.2 Å². The van der Waals surface area contributed by atoms with Crippen molar-refractivity contribution in [2.75, 3.05) is 20.2 Å². The molecule has 0 bridgehead atoms. The fraction of sp³-hybridized carbons (Fsp3) is 0.588. The molecule has 1 saturated heterocycles. The maximum atomic E-state index is 12.8. The van der Waals surface area contributed by atoms with E-state index >= 15 is 0 Å². The van der Waals surface area contributed by atoms with Crippen LogP contribution in [-0.4, -0.2) is 42.0 Å². The van der Waals surface area contributed by atoms with Crippen molar-refractivity contribution < 1.29 is 27.5 Å². The molecule has 1 aliphatic carbocycles. The SMILES string of the molecule is COC(=O)[C@@]12CN(C(=O)c3cccc(C(F)(F)F)n3)C[C@@H]1C(C)(C)C2. The third kappa shape index (κ3) is 2.67. The molecule has 1 amide bonds. The predicted molar refractivity (Wildman–Crippen MR) is 81.5 cm³/mol. The standard InChI is InChI=1S/C17H19F3N2O3/c1-15(2)8-16(14(24)25-3)9-22(7-11(15)16)13(23)10-5-4-6-12(21-10)17(18,19)20/h4-6,11H,7-9H2,1-3H3/t11-,16+/m1/s1. The van der Waals surface area contributed by atoms with Crippen molar-refractivity contribution in [3.8, 4) is 0 Å². The number of esters is 1. The van der Waals surface area contributed by atoms with Crippen LogP contribution in [0.1, 0.15) is 36.5 Å². The number of nitrogens with zero attached hydrogens (tertiary/aromatic N) is 2. The number of rotatable bonds is 2. The minimum Gasteiger partial charge on any atom is -0.469 e. The summed E-state index contributed by atoms with van der Waals surface area (Å²) in [6.45, 7) is 4.47. The van der Waals surface area contributed by atoms with Gasteiger partial charge in [0.05, 0.1) is 12.5 Å². The monoisotopic (exact) mass is 356 g/mol. The van der Waals surface area contributed by atoms with Crippen molar-refractivity contribution in [2.45, 2.75) is 26.4 Å². The molecule has 1 aliphatic heterocycles. The van der Waals surface area contributed by atoms with Crippen LogP contribution in [0.3, 0.4) is 0 Å². The van der Waals surface area contributed by atoms with E-state index in [2.05, 4.69) is 4.98 Å². The molecule has 3 rings (SSSR count). The molecule has 2 fully saturated rings. The topological polar surface area (TPSA) is 59.5 Å². The quantitative estimate of drug-likeness (QED) is 0.765. The lowest BCUT2D eigenvalue weighted by molar-refractivity contribution is -0.174. The summed E-state index contributed by atoms with van der Waals surface area (Å²) in [6.07, 6.45) is -4.04. The number of carbonyl (C=O) groups excluding carboxylic acids is 2. The summed E-state index contributed by atoms with van der Waals surface area (Å²) in [5.41, 5.74) is -2.28. The Morgan fingerprint density at radius 1 is 1.32 bits per heavy atom. The van der Waals surface area contributed by atoms with Gasteiger partial charge in [-0.3, -0.25) is 9.59 Å². The van der Waals surface area contributed by atoms with Gasteiger partial charge in [-0.25, -0.2) is 4.98 Å². The van der Waals surface area contributed by atoms with Crippen LogP contribution in [0.2, 0.25) is 0 Å². The second-order valence-corrected chi connectivity index (χ2v) is 7.46. The highest BCUT2D eigenvalue weighted by molar-refractivity contribution is 5.93. The number of aromatic nitrogens is 1. The van der Waals surface area contributed by atoms with Crippen molar-refractivity contribution in [2.24, 2.45) is 16.7 Å². The number of hydrogen-bond donors (Lipinski definition) is 0. The molecule has 0 unspecified atom stereocenters. The van der Waals surface area contributed by atoms with E-state index in [-0.39, 0.29) is 29.5 Å². The lowest BCUT2D eigenvalue weighted by Gasteiger charge is -2.54. The average molecular weight is 356 g/mol. The largest absolute Gasteiger partial charge is 0.469 e. The van der Waals surface area contributed by atoms with Gasteiger partial charge in [0.15, 0.2) is 0 Å². The first-order valence-electron chi connectivity index (χ1n) is 7.93. The smallest absolute Gasteiger partial charge is 0.433 e. The number of hydrogen-bond acceptors (Lipinski definition) is 4. The van der Waals surface area contributed by atoms with Crippen molar-refractivity contribution in [3.63, 3.8) is 0 Å². The molecule has 0 aromatic carbocycles. The fourth-order valence-electron chi connectivity index (χ4n) is 4.40. The molecule has 1 aromatic rings. The molecular weight excluding hydrogens is 337 g/mol. The Morgan fingerprint density at radius 2 is 2.00 bits per heavy atom.